The molecule has 2 heterocycles. The third-order valence-corrected chi connectivity index (χ3v) is 6.37. The summed E-state index contributed by atoms with van der Waals surface area (Å²) in [5, 5.41) is 6.21. The van der Waals surface area contributed by atoms with E-state index in [1.807, 2.05) is 18.2 Å². The van der Waals surface area contributed by atoms with Gasteiger partial charge < -0.3 is 4.90 Å². The van der Waals surface area contributed by atoms with Crippen molar-refractivity contribution >= 4 is 34.1 Å². The van der Waals surface area contributed by atoms with Gasteiger partial charge in [-0.1, -0.05) is 30.3 Å². The van der Waals surface area contributed by atoms with Gasteiger partial charge in [-0.3, -0.25) is 14.4 Å². The molecule has 1 N–H and O–H groups in total. The summed E-state index contributed by atoms with van der Waals surface area (Å²) in [4.78, 5) is 39.2. The number of piperidine rings is 1. The summed E-state index contributed by atoms with van der Waals surface area (Å²) in [6.45, 7) is 1.03. The molecule has 0 radical (unpaired) electrons. The van der Waals surface area contributed by atoms with E-state index in [1.165, 1.54) is 16.5 Å². The van der Waals surface area contributed by atoms with E-state index in [9.17, 15) is 14.4 Å². The Morgan fingerprint density at radius 3 is 2.66 bits per heavy atom. The maximum absolute atomic E-state index is 13.4. The van der Waals surface area contributed by atoms with Gasteiger partial charge in [0.25, 0.3) is 5.91 Å². The average molecular weight is 389 g/mol. The SMILES string of the molecule is O=C1CCC(C(=O)N2CCC[C@@H](C(=O)c3ccc4c5c(cccc35)CC4)C2)=NN1. The van der Waals surface area contributed by atoms with E-state index < -0.39 is 0 Å². The Labute approximate surface area is 168 Å². The number of nitrogens with one attached hydrogen (secondary N) is 1. The minimum absolute atomic E-state index is 0.122. The van der Waals surface area contributed by atoms with Crippen molar-refractivity contribution in [2.24, 2.45) is 11.0 Å². The highest BCUT2D eigenvalue weighted by atomic mass is 16.2. The molecule has 29 heavy (non-hydrogen) atoms. The van der Waals surface area contributed by atoms with Crippen molar-refractivity contribution in [1.82, 2.24) is 10.3 Å². The molecule has 0 unspecified atom stereocenters. The van der Waals surface area contributed by atoms with E-state index in [4.69, 9.17) is 0 Å². The molecule has 1 saturated heterocycles. The number of likely N-dealkylation sites (tertiary alicyclic amines) is 1. The Kier molecular flexibility index (Phi) is 4.42. The molecule has 0 saturated carbocycles. The lowest BCUT2D eigenvalue weighted by molar-refractivity contribution is -0.125. The number of rotatable bonds is 3. The van der Waals surface area contributed by atoms with E-state index in [-0.39, 0.29) is 29.9 Å². The van der Waals surface area contributed by atoms with E-state index >= 15 is 0 Å². The number of carbonyl (C=O) groups excluding carboxylic acids is 3. The molecule has 2 aromatic carbocycles. The first-order valence-corrected chi connectivity index (χ1v) is 10.3. The zero-order chi connectivity index (χ0) is 20.0. The Hall–Kier alpha value is -3.02. The van der Waals surface area contributed by atoms with Gasteiger partial charge in [0, 0.05) is 37.4 Å². The van der Waals surface area contributed by atoms with Crippen LogP contribution in [0.4, 0.5) is 0 Å². The molecule has 6 nitrogen and oxygen atoms in total. The standard InChI is InChI=1S/C23H23N3O3/c27-20-11-10-19(24-25-20)23(29)26-12-2-4-16(13-26)22(28)18-9-8-15-7-6-14-3-1-5-17(18)21(14)15/h1,3,5,8-9,16H,2,4,6-7,10-13H2,(H,25,27)/t16-/m1/s1. The molecule has 1 atom stereocenters. The number of ketones is 1. The number of carbonyl (C=O) groups is 3. The predicted molar refractivity (Wildman–Crippen MR) is 110 cm³/mol. The van der Waals surface area contributed by atoms with Gasteiger partial charge in [0.15, 0.2) is 5.78 Å². The zero-order valence-electron chi connectivity index (χ0n) is 16.2. The number of amides is 2. The van der Waals surface area contributed by atoms with Crippen LogP contribution in [0.5, 0.6) is 0 Å². The van der Waals surface area contributed by atoms with Gasteiger partial charge in [-0.05, 0) is 47.6 Å². The molecular formula is C23H23N3O3. The number of hydrogen-bond acceptors (Lipinski definition) is 4. The van der Waals surface area contributed by atoms with E-state index in [0.717, 1.165) is 36.6 Å². The van der Waals surface area contributed by atoms with E-state index in [0.29, 0.717) is 25.2 Å². The molecule has 2 aromatic rings. The van der Waals surface area contributed by atoms with E-state index in [1.54, 1.807) is 4.90 Å². The van der Waals surface area contributed by atoms with Gasteiger partial charge in [0.2, 0.25) is 5.91 Å². The van der Waals surface area contributed by atoms with Gasteiger partial charge in [-0.25, -0.2) is 5.43 Å². The fourth-order valence-electron chi connectivity index (χ4n) is 4.87. The lowest BCUT2D eigenvalue weighted by Gasteiger charge is -2.32. The number of aryl methyl sites for hydroxylation is 2. The highest BCUT2D eigenvalue weighted by molar-refractivity contribution is 6.39. The molecule has 0 aromatic heterocycles. The Morgan fingerprint density at radius 2 is 1.86 bits per heavy atom. The second-order valence-electron chi connectivity index (χ2n) is 8.16. The minimum Gasteiger partial charge on any atom is -0.337 e. The van der Waals surface area contributed by atoms with Crippen LogP contribution in [0.2, 0.25) is 0 Å². The summed E-state index contributed by atoms with van der Waals surface area (Å²) in [6, 6.07) is 10.3. The quantitative estimate of drug-likeness (QED) is 0.820. The molecule has 1 aliphatic carbocycles. The first-order chi connectivity index (χ1) is 14.1. The number of hydrazone groups is 1. The largest absolute Gasteiger partial charge is 0.337 e. The van der Waals surface area contributed by atoms with Crippen LogP contribution < -0.4 is 5.43 Å². The average Bonchev–Trinajstić information content (AvgIpc) is 3.19. The maximum atomic E-state index is 13.4. The molecule has 1 fully saturated rings. The normalized spacial score (nSPS) is 21.1. The topological polar surface area (TPSA) is 78.8 Å². The molecule has 0 bridgehead atoms. The number of benzene rings is 2. The number of Topliss-reactive ketones (excluding diaryl/α,β-unsaturated/α-hetero) is 1. The van der Waals surface area contributed by atoms with Crippen LogP contribution in [0.25, 0.3) is 10.8 Å². The number of nitrogens with zero attached hydrogens (tertiary/aromatic N) is 2. The first-order valence-electron chi connectivity index (χ1n) is 10.3. The van der Waals surface area contributed by atoms with Gasteiger partial charge in [0.05, 0.1) is 0 Å². The van der Waals surface area contributed by atoms with Crippen molar-refractivity contribution in [1.29, 1.82) is 0 Å². The van der Waals surface area contributed by atoms with Crippen LogP contribution in [0, 0.1) is 5.92 Å². The van der Waals surface area contributed by atoms with Crippen molar-refractivity contribution in [3.63, 3.8) is 0 Å². The molecule has 6 heteroatoms. The van der Waals surface area contributed by atoms with Gasteiger partial charge in [-0.2, -0.15) is 5.10 Å². The van der Waals surface area contributed by atoms with E-state index in [2.05, 4.69) is 22.7 Å². The van der Waals surface area contributed by atoms with Crippen LogP contribution in [-0.2, 0) is 22.4 Å². The van der Waals surface area contributed by atoms with Crippen molar-refractivity contribution in [2.45, 2.75) is 38.5 Å². The molecule has 0 spiro atoms. The van der Waals surface area contributed by atoms with Crippen molar-refractivity contribution < 1.29 is 14.4 Å². The third kappa shape index (κ3) is 3.12. The molecule has 2 amide bonds. The highest BCUT2D eigenvalue weighted by Gasteiger charge is 2.32. The fraction of sp³-hybridized carbons (Fsp3) is 0.391. The Morgan fingerprint density at radius 1 is 1.03 bits per heavy atom. The summed E-state index contributed by atoms with van der Waals surface area (Å²) in [7, 11) is 0. The third-order valence-electron chi connectivity index (χ3n) is 6.37. The predicted octanol–water partition coefficient (Wildman–Crippen LogP) is 2.63. The second kappa shape index (κ2) is 7.10. The zero-order valence-corrected chi connectivity index (χ0v) is 16.2. The van der Waals surface area contributed by atoms with Crippen LogP contribution in [0.15, 0.2) is 35.4 Å². The minimum atomic E-state index is -0.204. The summed E-state index contributed by atoms with van der Waals surface area (Å²) >= 11 is 0. The number of hydrogen-bond donors (Lipinski definition) is 1. The molecule has 148 valence electrons. The highest BCUT2D eigenvalue weighted by Crippen LogP contribution is 2.34. The molecule has 2 aliphatic heterocycles. The molecule has 5 rings (SSSR count). The van der Waals surface area contributed by atoms with Crippen LogP contribution >= 0.6 is 0 Å². The van der Waals surface area contributed by atoms with Crippen molar-refractivity contribution in [3.8, 4) is 0 Å². The van der Waals surface area contributed by atoms with Gasteiger partial charge in [0.1, 0.15) is 5.71 Å². The Balaban J connectivity index is 1.39. The summed E-state index contributed by atoms with van der Waals surface area (Å²) in [5.74, 6) is -0.412. The fourth-order valence-corrected chi connectivity index (χ4v) is 4.87. The summed E-state index contributed by atoms with van der Waals surface area (Å²) in [5.41, 5.74) is 6.18. The lowest BCUT2D eigenvalue weighted by Crippen LogP contribution is -2.46. The first kappa shape index (κ1) is 18.0. The van der Waals surface area contributed by atoms with Crippen LogP contribution in [0.1, 0.15) is 47.2 Å². The van der Waals surface area contributed by atoms with Gasteiger partial charge in [-0.15, -0.1) is 0 Å². The second-order valence-corrected chi connectivity index (χ2v) is 8.16. The smallest absolute Gasteiger partial charge is 0.270 e. The maximum Gasteiger partial charge on any atom is 0.270 e. The molecular weight excluding hydrogens is 366 g/mol. The van der Waals surface area contributed by atoms with Gasteiger partial charge >= 0.3 is 0 Å². The summed E-state index contributed by atoms with van der Waals surface area (Å²) in [6.07, 6.45) is 4.29. The Bertz CT molecular complexity index is 1060. The van der Waals surface area contributed by atoms with Crippen LogP contribution in [0.3, 0.4) is 0 Å². The van der Waals surface area contributed by atoms with Crippen molar-refractivity contribution in [3.05, 3.63) is 47.0 Å². The van der Waals surface area contributed by atoms with Crippen molar-refractivity contribution in [2.75, 3.05) is 13.1 Å². The monoisotopic (exact) mass is 389 g/mol. The lowest BCUT2D eigenvalue weighted by atomic mass is 9.87. The van der Waals surface area contributed by atoms with Crippen LogP contribution in [-0.4, -0.2) is 41.3 Å². The molecule has 3 aliphatic rings. The summed E-state index contributed by atoms with van der Waals surface area (Å²) < 4.78 is 0.